The van der Waals surface area contributed by atoms with Gasteiger partial charge in [-0.1, -0.05) is 36.4 Å². The van der Waals surface area contributed by atoms with Gasteiger partial charge in [0.25, 0.3) is 0 Å². The average Bonchev–Trinajstić information content (AvgIpc) is 3.04. The molecule has 0 aliphatic carbocycles. The number of hydrogen-bond donors (Lipinski definition) is 2. The lowest BCUT2D eigenvalue weighted by Gasteiger charge is -2.24. The number of fused-ring (bicyclic) bond motifs is 1. The predicted molar refractivity (Wildman–Crippen MR) is 104 cm³/mol. The SMILES string of the molecule is CNC(=O)Cn1ccc2ccc(NC(=O)C(C)(C)c3ccccc3)cc21. The Morgan fingerprint density at radius 3 is 2.46 bits per heavy atom. The maximum atomic E-state index is 12.8. The summed E-state index contributed by atoms with van der Waals surface area (Å²) in [6.45, 7) is 4.06. The largest absolute Gasteiger partial charge is 0.358 e. The molecule has 2 N–H and O–H groups in total. The zero-order valence-electron chi connectivity index (χ0n) is 15.2. The average molecular weight is 349 g/mol. The molecule has 0 radical (unpaired) electrons. The Morgan fingerprint density at radius 1 is 1.04 bits per heavy atom. The molecule has 0 bridgehead atoms. The monoisotopic (exact) mass is 349 g/mol. The number of likely N-dealkylation sites (N-methyl/N-ethyl adjacent to an activating group) is 1. The lowest BCUT2D eigenvalue weighted by atomic mass is 9.83. The number of carbonyl (C=O) groups excluding carboxylic acids is 2. The summed E-state index contributed by atoms with van der Waals surface area (Å²) in [6.07, 6.45) is 1.87. The molecule has 0 spiro atoms. The Morgan fingerprint density at radius 2 is 1.77 bits per heavy atom. The molecule has 0 fully saturated rings. The molecule has 0 aliphatic rings. The lowest BCUT2D eigenvalue weighted by molar-refractivity contribution is -0.121. The second-order valence-corrected chi connectivity index (χ2v) is 6.84. The van der Waals surface area contributed by atoms with E-state index in [-0.39, 0.29) is 18.4 Å². The highest BCUT2D eigenvalue weighted by Gasteiger charge is 2.29. The van der Waals surface area contributed by atoms with E-state index in [2.05, 4.69) is 10.6 Å². The standard InChI is InChI=1S/C21H23N3O2/c1-21(2,16-7-5-4-6-8-16)20(26)23-17-10-9-15-11-12-24(18(15)13-17)14-19(25)22-3/h4-13H,14H2,1-3H3,(H,22,25)(H,23,26). The minimum atomic E-state index is -0.652. The Balaban J connectivity index is 1.85. The third kappa shape index (κ3) is 3.47. The highest BCUT2D eigenvalue weighted by Crippen LogP contribution is 2.26. The number of aromatic nitrogens is 1. The van der Waals surface area contributed by atoms with Gasteiger partial charge >= 0.3 is 0 Å². The predicted octanol–water partition coefficient (Wildman–Crippen LogP) is 3.30. The molecule has 0 saturated carbocycles. The van der Waals surface area contributed by atoms with Crippen LogP contribution in [0.4, 0.5) is 5.69 Å². The van der Waals surface area contributed by atoms with Gasteiger partial charge in [0.2, 0.25) is 11.8 Å². The first-order chi connectivity index (χ1) is 12.4. The first-order valence-corrected chi connectivity index (χ1v) is 8.58. The minimum Gasteiger partial charge on any atom is -0.358 e. The normalized spacial score (nSPS) is 11.3. The summed E-state index contributed by atoms with van der Waals surface area (Å²) in [5.74, 6) is -0.144. The molecule has 134 valence electrons. The highest BCUT2D eigenvalue weighted by atomic mass is 16.2. The van der Waals surface area contributed by atoms with E-state index in [0.717, 1.165) is 16.5 Å². The van der Waals surface area contributed by atoms with E-state index in [0.29, 0.717) is 5.69 Å². The molecule has 5 heteroatoms. The molecular weight excluding hydrogens is 326 g/mol. The second kappa shape index (κ2) is 7.04. The van der Waals surface area contributed by atoms with Crippen LogP contribution in [-0.4, -0.2) is 23.4 Å². The van der Waals surface area contributed by atoms with Gasteiger partial charge in [-0.2, -0.15) is 0 Å². The van der Waals surface area contributed by atoms with Crippen LogP contribution in [0.1, 0.15) is 19.4 Å². The number of hydrogen-bond acceptors (Lipinski definition) is 2. The van der Waals surface area contributed by atoms with Crippen LogP contribution in [0.2, 0.25) is 0 Å². The van der Waals surface area contributed by atoms with Gasteiger partial charge in [-0.25, -0.2) is 0 Å². The first kappa shape index (κ1) is 17.7. The molecule has 0 aliphatic heterocycles. The van der Waals surface area contributed by atoms with Gasteiger partial charge < -0.3 is 15.2 Å². The van der Waals surface area contributed by atoms with Crippen molar-refractivity contribution < 1.29 is 9.59 Å². The highest BCUT2D eigenvalue weighted by molar-refractivity contribution is 6.00. The molecular formula is C21H23N3O2. The van der Waals surface area contributed by atoms with Crippen molar-refractivity contribution in [2.45, 2.75) is 25.8 Å². The molecule has 26 heavy (non-hydrogen) atoms. The van der Waals surface area contributed by atoms with E-state index in [4.69, 9.17) is 0 Å². The topological polar surface area (TPSA) is 63.1 Å². The lowest BCUT2D eigenvalue weighted by Crippen LogP contribution is -2.34. The van der Waals surface area contributed by atoms with Gasteiger partial charge in [0.1, 0.15) is 6.54 Å². The van der Waals surface area contributed by atoms with Gasteiger partial charge in [0.15, 0.2) is 0 Å². The van der Waals surface area contributed by atoms with Gasteiger partial charge in [-0.15, -0.1) is 0 Å². The van der Waals surface area contributed by atoms with Crippen molar-refractivity contribution in [2.75, 3.05) is 12.4 Å². The molecule has 1 aromatic heterocycles. The molecule has 2 aromatic carbocycles. The van der Waals surface area contributed by atoms with Crippen molar-refractivity contribution in [1.82, 2.24) is 9.88 Å². The van der Waals surface area contributed by atoms with Crippen LogP contribution in [-0.2, 0) is 21.5 Å². The van der Waals surface area contributed by atoms with Crippen molar-refractivity contribution in [2.24, 2.45) is 0 Å². The summed E-state index contributed by atoms with van der Waals surface area (Å²) in [7, 11) is 1.62. The number of carbonyl (C=O) groups is 2. The summed E-state index contributed by atoms with van der Waals surface area (Å²) in [4.78, 5) is 24.5. The third-order valence-corrected chi connectivity index (χ3v) is 4.69. The number of nitrogens with one attached hydrogen (secondary N) is 2. The van der Waals surface area contributed by atoms with Gasteiger partial charge in [-0.05, 0) is 43.0 Å². The summed E-state index contributed by atoms with van der Waals surface area (Å²) >= 11 is 0. The molecule has 2 amide bonds. The Hall–Kier alpha value is -3.08. The fourth-order valence-corrected chi connectivity index (χ4v) is 2.91. The zero-order valence-corrected chi connectivity index (χ0v) is 15.2. The number of amides is 2. The van der Waals surface area contributed by atoms with Crippen LogP contribution in [0.3, 0.4) is 0 Å². The van der Waals surface area contributed by atoms with E-state index in [1.807, 2.05) is 79.2 Å². The van der Waals surface area contributed by atoms with E-state index in [9.17, 15) is 9.59 Å². The number of anilines is 1. The van der Waals surface area contributed by atoms with Crippen LogP contribution in [0, 0.1) is 0 Å². The van der Waals surface area contributed by atoms with Crippen LogP contribution < -0.4 is 10.6 Å². The number of rotatable bonds is 5. The number of nitrogens with zero attached hydrogens (tertiary/aromatic N) is 1. The van der Waals surface area contributed by atoms with Crippen LogP contribution >= 0.6 is 0 Å². The first-order valence-electron chi connectivity index (χ1n) is 8.58. The van der Waals surface area contributed by atoms with Crippen molar-refractivity contribution in [1.29, 1.82) is 0 Å². The third-order valence-electron chi connectivity index (χ3n) is 4.69. The fourth-order valence-electron chi connectivity index (χ4n) is 2.91. The van der Waals surface area contributed by atoms with Crippen LogP contribution in [0.15, 0.2) is 60.8 Å². The maximum absolute atomic E-state index is 12.8. The van der Waals surface area contributed by atoms with Gasteiger partial charge in [-0.3, -0.25) is 9.59 Å². The van der Waals surface area contributed by atoms with Gasteiger partial charge in [0.05, 0.1) is 10.9 Å². The van der Waals surface area contributed by atoms with E-state index >= 15 is 0 Å². The summed E-state index contributed by atoms with van der Waals surface area (Å²) in [5, 5.41) is 6.65. The molecule has 3 rings (SSSR count). The van der Waals surface area contributed by atoms with E-state index in [1.54, 1.807) is 7.05 Å². The number of benzene rings is 2. The van der Waals surface area contributed by atoms with Crippen molar-refractivity contribution >= 4 is 28.4 Å². The van der Waals surface area contributed by atoms with Gasteiger partial charge in [0, 0.05) is 18.9 Å². The minimum absolute atomic E-state index is 0.0675. The summed E-state index contributed by atoms with van der Waals surface area (Å²) in [5.41, 5.74) is 1.93. The smallest absolute Gasteiger partial charge is 0.239 e. The Labute approximate surface area is 153 Å². The van der Waals surface area contributed by atoms with E-state index in [1.165, 1.54) is 0 Å². The van der Waals surface area contributed by atoms with Crippen molar-refractivity contribution in [3.8, 4) is 0 Å². The van der Waals surface area contributed by atoms with Crippen LogP contribution in [0.5, 0.6) is 0 Å². The second-order valence-electron chi connectivity index (χ2n) is 6.84. The Bertz CT molecular complexity index is 942. The quantitative estimate of drug-likeness (QED) is 0.742. The van der Waals surface area contributed by atoms with Crippen molar-refractivity contribution in [3.05, 3.63) is 66.4 Å². The molecule has 5 nitrogen and oxygen atoms in total. The molecule has 0 saturated heterocycles. The summed E-state index contributed by atoms with van der Waals surface area (Å²) < 4.78 is 1.87. The summed E-state index contributed by atoms with van der Waals surface area (Å²) in [6, 6.07) is 17.4. The zero-order chi connectivity index (χ0) is 18.7. The van der Waals surface area contributed by atoms with Crippen molar-refractivity contribution in [3.63, 3.8) is 0 Å². The maximum Gasteiger partial charge on any atom is 0.239 e. The molecule has 0 unspecified atom stereocenters. The Kier molecular flexibility index (Phi) is 4.80. The van der Waals surface area contributed by atoms with E-state index < -0.39 is 5.41 Å². The molecule has 3 aromatic rings. The molecule has 1 heterocycles. The van der Waals surface area contributed by atoms with Crippen LogP contribution in [0.25, 0.3) is 10.9 Å². The molecule has 0 atom stereocenters. The fraction of sp³-hybridized carbons (Fsp3) is 0.238.